The molecule has 72 heavy (non-hydrogen) atoms. The van der Waals surface area contributed by atoms with Gasteiger partial charge in [-0.1, -0.05) is 213 Å². The van der Waals surface area contributed by atoms with Gasteiger partial charge in [-0.3, -0.25) is 9.59 Å². The summed E-state index contributed by atoms with van der Waals surface area (Å²) >= 11 is 0. The topological polar surface area (TPSA) is 108 Å². The molecule has 9 nitrogen and oxygen atoms in total. The highest BCUT2D eigenvalue weighted by molar-refractivity contribution is 5.71. The molecule has 0 aromatic carbocycles. The van der Waals surface area contributed by atoms with Crippen molar-refractivity contribution < 1.29 is 42.9 Å². The average molecular weight is 1010 g/mol. The summed E-state index contributed by atoms with van der Waals surface area (Å²) < 4.78 is 22.8. The van der Waals surface area contributed by atoms with E-state index < -0.39 is 24.3 Å². The minimum absolute atomic E-state index is 0.180. The first-order valence-electron chi connectivity index (χ1n) is 28.6. The Kier molecular flexibility index (Phi) is 50.3. The molecule has 0 bridgehead atoms. The molecule has 0 saturated heterocycles. The zero-order valence-corrected chi connectivity index (χ0v) is 46.5. The number of carboxylic acid groups (broad SMARTS) is 1. The first-order chi connectivity index (χ1) is 35.1. The molecule has 0 saturated carbocycles. The molecule has 0 aromatic rings. The van der Waals surface area contributed by atoms with Crippen LogP contribution >= 0.6 is 0 Å². The third-order valence-corrected chi connectivity index (χ3v) is 11.8. The Bertz CT molecular complexity index is 1540. The van der Waals surface area contributed by atoms with Gasteiger partial charge in [-0.05, 0) is 96.3 Å². The van der Waals surface area contributed by atoms with Crippen LogP contribution in [0.15, 0.2) is 109 Å². The molecule has 1 N–H and O–H groups in total. The van der Waals surface area contributed by atoms with Crippen molar-refractivity contribution in [2.75, 3.05) is 47.5 Å². The summed E-state index contributed by atoms with van der Waals surface area (Å²) in [5, 5.41) is 9.69. The maximum absolute atomic E-state index is 12.9. The Morgan fingerprint density at radius 1 is 0.431 bits per heavy atom. The average Bonchev–Trinajstić information content (AvgIpc) is 3.35. The van der Waals surface area contributed by atoms with Gasteiger partial charge in [0.2, 0.25) is 0 Å². The van der Waals surface area contributed by atoms with E-state index in [1.807, 2.05) is 21.1 Å². The van der Waals surface area contributed by atoms with Crippen LogP contribution in [0.1, 0.15) is 213 Å². The third-order valence-electron chi connectivity index (χ3n) is 11.8. The maximum Gasteiger partial charge on any atom is 0.361 e. The van der Waals surface area contributed by atoms with Crippen molar-refractivity contribution >= 4 is 17.9 Å². The third kappa shape index (κ3) is 53.7. The number of ether oxygens (including phenoxy) is 4. The normalized spacial score (nSPS) is 13.6. The minimum Gasteiger partial charge on any atom is -0.477 e. The van der Waals surface area contributed by atoms with Gasteiger partial charge < -0.3 is 28.5 Å². The van der Waals surface area contributed by atoms with Crippen LogP contribution in [-0.4, -0.2) is 87.4 Å². The van der Waals surface area contributed by atoms with E-state index in [1.54, 1.807) is 0 Å². The second-order valence-corrected chi connectivity index (χ2v) is 19.9. The van der Waals surface area contributed by atoms with Crippen molar-refractivity contribution in [1.82, 2.24) is 0 Å². The first kappa shape index (κ1) is 68.0. The van der Waals surface area contributed by atoms with Crippen molar-refractivity contribution in [1.29, 1.82) is 0 Å². The maximum atomic E-state index is 12.9. The van der Waals surface area contributed by atoms with E-state index in [0.29, 0.717) is 17.4 Å². The number of quaternary nitrogens is 1. The number of unbranched alkanes of at least 4 members (excludes halogenated alkanes) is 18. The smallest absolute Gasteiger partial charge is 0.361 e. The monoisotopic (exact) mass is 1000 g/mol. The summed E-state index contributed by atoms with van der Waals surface area (Å²) in [4.78, 5) is 37.3. The molecular weight excluding hydrogens is 899 g/mol. The number of hydrogen-bond acceptors (Lipinski definition) is 7. The molecule has 2 unspecified atom stereocenters. The Hall–Kier alpha value is -4.05. The number of carbonyl (C=O) groups is 3. The largest absolute Gasteiger partial charge is 0.477 e. The number of esters is 2. The van der Waals surface area contributed by atoms with Gasteiger partial charge in [0, 0.05) is 12.8 Å². The summed E-state index contributed by atoms with van der Waals surface area (Å²) in [6.07, 6.45) is 70.2. The number of allylic oxidation sites excluding steroid dienone is 18. The van der Waals surface area contributed by atoms with Crippen molar-refractivity contribution in [2.24, 2.45) is 0 Å². The van der Waals surface area contributed by atoms with Gasteiger partial charge in [0.1, 0.15) is 13.2 Å². The molecule has 410 valence electrons. The molecule has 0 aromatic heterocycles. The predicted octanol–water partition coefficient (Wildman–Crippen LogP) is 16.7. The van der Waals surface area contributed by atoms with E-state index in [0.717, 1.165) is 122 Å². The fourth-order valence-corrected chi connectivity index (χ4v) is 7.36. The van der Waals surface area contributed by atoms with Crippen molar-refractivity contribution in [3.05, 3.63) is 109 Å². The number of rotatable bonds is 51. The lowest BCUT2D eigenvalue weighted by Crippen LogP contribution is -2.40. The fourth-order valence-electron chi connectivity index (χ4n) is 7.36. The number of carbonyl (C=O) groups excluding carboxylic acids is 2. The summed E-state index contributed by atoms with van der Waals surface area (Å²) in [5.41, 5.74) is 0. The number of nitrogens with zero attached hydrogens (tertiary/aromatic N) is 1. The molecule has 2 atom stereocenters. The molecule has 0 amide bonds. The fraction of sp³-hybridized carbons (Fsp3) is 0.667. The zero-order chi connectivity index (χ0) is 52.7. The van der Waals surface area contributed by atoms with Gasteiger partial charge in [0.25, 0.3) is 6.29 Å². The van der Waals surface area contributed by atoms with E-state index in [-0.39, 0.29) is 38.6 Å². The van der Waals surface area contributed by atoms with Crippen LogP contribution in [0.5, 0.6) is 0 Å². The summed E-state index contributed by atoms with van der Waals surface area (Å²) in [6.45, 7) is 4.69. The molecule has 9 heteroatoms. The van der Waals surface area contributed by atoms with Gasteiger partial charge in [-0.15, -0.1) is 0 Å². The van der Waals surface area contributed by atoms with Gasteiger partial charge in [0.05, 0.1) is 34.4 Å². The second-order valence-electron chi connectivity index (χ2n) is 19.9. The second kappa shape index (κ2) is 53.2. The van der Waals surface area contributed by atoms with Crippen LogP contribution in [0.4, 0.5) is 0 Å². The zero-order valence-electron chi connectivity index (χ0n) is 46.5. The van der Waals surface area contributed by atoms with Gasteiger partial charge in [0.15, 0.2) is 6.10 Å². The van der Waals surface area contributed by atoms with Crippen LogP contribution in [0.2, 0.25) is 0 Å². The molecule has 0 aliphatic rings. The summed E-state index contributed by atoms with van der Waals surface area (Å²) in [5.74, 6) is -2.04. The molecule has 0 spiro atoms. The highest BCUT2D eigenvalue weighted by Crippen LogP contribution is 2.15. The highest BCUT2D eigenvalue weighted by Gasteiger charge is 2.25. The molecule has 0 heterocycles. The van der Waals surface area contributed by atoms with Crippen molar-refractivity contribution in [2.45, 2.75) is 225 Å². The quantitative estimate of drug-likeness (QED) is 0.0211. The molecule has 0 aliphatic carbocycles. The Labute approximate surface area is 441 Å². The lowest BCUT2D eigenvalue weighted by Gasteiger charge is -2.25. The van der Waals surface area contributed by atoms with E-state index in [2.05, 4.69) is 123 Å². The summed E-state index contributed by atoms with van der Waals surface area (Å²) in [6, 6.07) is 0. The van der Waals surface area contributed by atoms with E-state index in [1.165, 1.54) is 57.8 Å². The standard InChI is InChI=1S/C63H105NO8/c1-6-8-10-12-14-16-18-20-22-23-24-25-26-27-28-29-30-31-32-33-34-35-36-37-38-39-40-42-44-46-48-50-52-54-61(66)72-59(58-71-63(62(67)68)69-56-55-64(3,4)5)57-70-60(65)53-51-49-47-45-43-41-21-19-17-15-13-11-9-7-2/h8,10,13-16,19-22,24-25,27-28,30-31,33-34,59,63H,6-7,9,11-12,17-18,23,26,29,32,35-58H2,1-5H3/p+1/b10-8-,15-13-,16-14-,21-19-,22-20-,25-24-,28-27-,31-30-,34-33-. The van der Waals surface area contributed by atoms with Gasteiger partial charge in [-0.25, -0.2) is 4.79 Å². The highest BCUT2D eigenvalue weighted by atomic mass is 16.7. The first-order valence-corrected chi connectivity index (χ1v) is 28.6. The van der Waals surface area contributed by atoms with Gasteiger partial charge in [-0.2, -0.15) is 0 Å². The Balaban J connectivity index is 4.21. The van der Waals surface area contributed by atoms with Crippen LogP contribution in [0, 0.1) is 0 Å². The summed E-state index contributed by atoms with van der Waals surface area (Å²) in [7, 11) is 5.95. The number of hydrogen-bond donors (Lipinski definition) is 1. The lowest BCUT2D eigenvalue weighted by atomic mass is 10.0. The van der Waals surface area contributed by atoms with Gasteiger partial charge >= 0.3 is 17.9 Å². The van der Waals surface area contributed by atoms with Crippen molar-refractivity contribution in [3.63, 3.8) is 0 Å². The van der Waals surface area contributed by atoms with Crippen LogP contribution in [0.25, 0.3) is 0 Å². The van der Waals surface area contributed by atoms with E-state index >= 15 is 0 Å². The number of likely N-dealkylation sites (N-methyl/N-ethyl adjacent to an activating group) is 1. The number of aliphatic carboxylic acids is 1. The van der Waals surface area contributed by atoms with Crippen LogP contribution in [0.3, 0.4) is 0 Å². The van der Waals surface area contributed by atoms with E-state index in [4.69, 9.17) is 18.9 Å². The Morgan fingerprint density at radius 2 is 0.792 bits per heavy atom. The molecule has 0 aliphatic heterocycles. The minimum atomic E-state index is -1.52. The molecular formula is C63H106NO8+. The van der Waals surface area contributed by atoms with E-state index in [9.17, 15) is 19.5 Å². The molecule has 0 rings (SSSR count). The van der Waals surface area contributed by atoms with Crippen molar-refractivity contribution in [3.8, 4) is 0 Å². The van der Waals surface area contributed by atoms with Crippen LogP contribution < -0.4 is 0 Å². The SMILES string of the molecule is CC/C=C\C/C=C\C/C=C\C/C=C\C/C=C\C/C=C\C/C=C\CCCCCCCCCCCCCC(=O)OC(COC(=O)CCCCCCC/C=C\C/C=C\CCCC)COC(OCC[N+](C)(C)C)C(=O)O. The Morgan fingerprint density at radius 3 is 1.18 bits per heavy atom. The molecule has 0 fully saturated rings. The number of carboxylic acids is 1. The molecule has 0 radical (unpaired) electrons. The predicted molar refractivity (Wildman–Crippen MR) is 304 cm³/mol. The lowest BCUT2D eigenvalue weighted by molar-refractivity contribution is -0.870. The van der Waals surface area contributed by atoms with Crippen LogP contribution in [-0.2, 0) is 33.3 Å².